The number of nitrogens with zero attached hydrogens (tertiary/aromatic N) is 3. The van der Waals surface area contributed by atoms with Crippen molar-refractivity contribution in [2.75, 3.05) is 20.2 Å². The fourth-order valence-corrected chi connectivity index (χ4v) is 6.89. The normalized spacial score (nSPS) is 18.5. The SMILES string of the molecule is COc1ccc(C(F)(F)F)cc1C(=O)/N=c1\sc(C(C)(C)C)cn1CC1CN(S(=O)(=O)C2CC2)C1. The number of benzene rings is 1. The molecule has 1 saturated carbocycles. The molecule has 35 heavy (non-hydrogen) atoms. The van der Waals surface area contributed by atoms with Crippen molar-refractivity contribution in [3.05, 3.63) is 45.2 Å². The summed E-state index contributed by atoms with van der Waals surface area (Å²) in [5.74, 6) is -0.774. The molecular weight excluding hydrogens is 503 g/mol. The predicted molar refractivity (Wildman–Crippen MR) is 126 cm³/mol. The van der Waals surface area contributed by atoms with Crippen LogP contribution in [-0.4, -0.2) is 48.6 Å². The van der Waals surface area contributed by atoms with Gasteiger partial charge < -0.3 is 9.30 Å². The summed E-state index contributed by atoms with van der Waals surface area (Å²) < 4.78 is 72.9. The van der Waals surface area contributed by atoms with E-state index in [1.54, 1.807) is 4.57 Å². The zero-order valence-corrected chi connectivity index (χ0v) is 21.6. The topological polar surface area (TPSA) is 81.0 Å². The number of carbonyl (C=O) groups is 1. The van der Waals surface area contributed by atoms with E-state index in [0.29, 0.717) is 37.3 Å². The van der Waals surface area contributed by atoms with Crippen LogP contribution in [-0.2, 0) is 28.2 Å². The van der Waals surface area contributed by atoms with E-state index < -0.39 is 27.7 Å². The molecule has 192 valence electrons. The molecule has 0 atom stereocenters. The third-order valence-corrected chi connectivity index (χ3v) is 9.88. The van der Waals surface area contributed by atoms with E-state index in [2.05, 4.69) is 4.99 Å². The van der Waals surface area contributed by atoms with Gasteiger partial charge in [-0.15, -0.1) is 11.3 Å². The molecule has 7 nitrogen and oxygen atoms in total. The second-order valence-electron chi connectivity index (χ2n) is 10.0. The molecule has 2 aliphatic rings. The van der Waals surface area contributed by atoms with Crippen LogP contribution >= 0.6 is 11.3 Å². The first-order valence-corrected chi connectivity index (χ1v) is 13.6. The summed E-state index contributed by atoms with van der Waals surface area (Å²) in [5.41, 5.74) is -1.47. The molecule has 1 aromatic carbocycles. The second-order valence-corrected chi connectivity index (χ2v) is 13.3. The molecule has 1 aliphatic carbocycles. The van der Waals surface area contributed by atoms with Gasteiger partial charge >= 0.3 is 6.18 Å². The van der Waals surface area contributed by atoms with Gasteiger partial charge in [-0.05, 0) is 36.5 Å². The molecule has 1 saturated heterocycles. The van der Waals surface area contributed by atoms with Gasteiger partial charge in [0.05, 0.1) is 23.5 Å². The molecule has 12 heteroatoms. The molecule has 2 heterocycles. The Hall–Kier alpha value is -2.18. The first kappa shape index (κ1) is 25.9. The molecule has 0 N–H and O–H groups in total. The highest BCUT2D eigenvalue weighted by atomic mass is 32.2. The highest BCUT2D eigenvalue weighted by molar-refractivity contribution is 7.90. The molecule has 0 bridgehead atoms. The standard InChI is InChI=1S/C23H28F3N3O4S2/c1-22(2,3)19-13-28(10-14-11-29(12-14)35(31,32)16-6-7-16)21(34-19)27-20(30)17-9-15(23(24,25)26)5-8-18(17)33-4/h5,8-9,13-14,16H,6-7,10-12H2,1-4H3/b27-21-. The van der Waals surface area contributed by atoms with Crippen LogP contribution in [0, 0.1) is 5.92 Å². The van der Waals surface area contributed by atoms with Crippen LogP contribution < -0.4 is 9.54 Å². The number of halogens is 3. The van der Waals surface area contributed by atoms with Gasteiger partial charge in [-0.1, -0.05) is 20.8 Å². The number of aromatic nitrogens is 1. The summed E-state index contributed by atoms with van der Waals surface area (Å²) in [7, 11) is -1.94. The van der Waals surface area contributed by atoms with E-state index in [1.165, 1.54) is 22.8 Å². The third kappa shape index (κ3) is 5.49. The monoisotopic (exact) mass is 531 g/mol. The van der Waals surface area contributed by atoms with Crippen LogP contribution in [0.1, 0.15) is 54.4 Å². The first-order chi connectivity index (χ1) is 16.2. The minimum absolute atomic E-state index is 0.00539. The fourth-order valence-electron chi connectivity index (χ4n) is 3.84. The van der Waals surface area contributed by atoms with E-state index in [1.807, 2.05) is 27.0 Å². The minimum atomic E-state index is -4.61. The van der Waals surface area contributed by atoms with Gasteiger partial charge in [-0.3, -0.25) is 4.79 Å². The van der Waals surface area contributed by atoms with E-state index in [0.717, 1.165) is 23.1 Å². The van der Waals surface area contributed by atoms with Crippen molar-refractivity contribution < 1.29 is 31.1 Å². The van der Waals surface area contributed by atoms with E-state index >= 15 is 0 Å². The highest BCUT2D eigenvalue weighted by Gasteiger charge is 2.45. The number of carbonyl (C=O) groups excluding carboxylic acids is 1. The Morgan fingerprint density at radius 1 is 1.20 bits per heavy atom. The van der Waals surface area contributed by atoms with Crippen molar-refractivity contribution in [3.63, 3.8) is 0 Å². The molecule has 0 radical (unpaired) electrons. The van der Waals surface area contributed by atoms with E-state index in [9.17, 15) is 26.4 Å². The second kappa shape index (κ2) is 9.04. The molecule has 1 aliphatic heterocycles. The Bertz CT molecular complexity index is 1300. The average Bonchev–Trinajstić information content (AvgIpc) is 3.51. The lowest BCUT2D eigenvalue weighted by molar-refractivity contribution is -0.137. The van der Waals surface area contributed by atoms with Gasteiger partial charge in [-0.2, -0.15) is 18.2 Å². The average molecular weight is 532 g/mol. The van der Waals surface area contributed by atoms with Gasteiger partial charge in [0, 0.05) is 36.6 Å². The van der Waals surface area contributed by atoms with Crippen LogP contribution in [0.2, 0.25) is 0 Å². The number of thiazole rings is 1. The first-order valence-electron chi connectivity index (χ1n) is 11.2. The van der Waals surface area contributed by atoms with Crippen LogP contribution in [0.15, 0.2) is 29.4 Å². The summed E-state index contributed by atoms with van der Waals surface area (Å²) in [5, 5.41) is -0.254. The smallest absolute Gasteiger partial charge is 0.416 e. The van der Waals surface area contributed by atoms with Gasteiger partial charge in [0.25, 0.3) is 5.91 Å². The van der Waals surface area contributed by atoms with Gasteiger partial charge in [-0.25, -0.2) is 12.7 Å². The fraction of sp³-hybridized carbons (Fsp3) is 0.565. The molecule has 1 aromatic heterocycles. The lowest BCUT2D eigenvalue weighted by Gasteiger charge is -2.38. The number of amides is 1. The van der Waals surface area contributed by atoms with Crippen molar-refractivity contribution >= 4 is 27.3 Å². The van der Waals surface area contributed by atoms with Gasteiger partial charge in [0.15, 0.2) is 4.80 Å². The number of rotatable bonds is 6. The maximum Gasteiger partial charge on any atom is 0.416 e. The third-order valence-electron chi connectivity index (χ3n) is 6.10. The van der Waals surface area contributed by atoms with Crippen LogP contribution in [0.5, 0.6) is 5.75 Å². The molecule has 4 rings (SSSR count). The summed E-state index contributed by atoms with van der Waals surface area (Å²) in [6, 6.07) is 2.72. The summed E-state index contributed by atoms with van der Waals surface area (Å²) >= 11 is 1.29. The van der Waals surface area contributed by atoms with Crippen molar-refractivity contribution in [1.29, 1.82) is 0 Å². The molecule has 2 fully saturated rings. The Morgan fingerprint density at radius 2 is 1.86 bits per heavy atom. The quantitative estimate of drug-likeness (QED) is 0.564. The Kier molecular flexibility index (Phi) is 6.69. The summed E-state index contributed by atoms with van der Waals surface area (Å²) in [6.07, 6.45) is -1.30. The van der Waals surface area contributed by atoms with E-state index in [4.69, 9.17) is 4.74 Å². The van der Waals surface area contributed by atoms with Crippen molar-refractivity contribution in [2.45, 2.75) is 57.0 Å². The number of ether oxygens (including phenoxy) is 1. The highest BCUT2D eigenvalue weighted by Crippen LogP contribution is 2.35. The summed E-state index contributed by atoms with van der Waals surface area (Å²) in [6.45, 7) is 7.30. The lowest BCUT2D eigenvalue weighted by atomic mass is 9.95. The summed E-state index contributed by atoms with van der Waals surface area (Å²) in [4.78, 5) is 18.5. The number of hydrogen-bond acceptors (Lipinski definition) is 5. The molecule has 0 unspecified atom stereocenters. The molecule has 0 spiro atoms. The molecular formula is C23H28F3N3O4S2. The van der Waals surface area contributed by atoms with Gasteiger partial charge in [0.2, 0.25) is 10.0 Å². The number of alkyl halides is 3. The number of methoxy groups -OCH3 is 1. The van der Waals surface area contributed by atoms with Gasteiger partial charge in [0.1, 0.15) is 5.75 Å². The Balaban J connectivity index is 1.64. The molecule has 2 aromatic rings. The largest absolute Gasteiger partial charge is 0.496 e. The van der Waals surface area contributed by atoms with Crippen molar-refractivity contribution in [1.82, 2.24) is 8.87 Å². The van der Waals surface area contributed by atoms with Crippen LogP contribution in [0.25, 0.3) is 0 Å². The molecule has 1 amide bonds. The van der Waals surface area contributed by atoms with Crippen LogP contribution in [0.3, 0.4) is 0 Å². The maximum absolute atomic E-state index is 13.2. The van der Waals surface area contributed by atoms with Crippen molar-refractivity contribution in [2.24, 2.45) is 10.9 Å². The van der Waals surface area contributed by atoms with Crippen LogP contribution in [0.4, 0.5) is 13.2 Å². The zero-order chi connectivity index (χ0) is 25.8. The van der Waals surface area contributed by atoms with E-state index in [-0.39, 0.29) is 27.9 Å². The zero-order valence-electron chi connectivity index (χ0n) is 19.9. The minimum Gasteiger partial charge on any atom is -0.496 e. The Morgan fingerprint density at radius 3 is 2.40 bits per heavy atom. The van der Waals surface area contributed by atoms with Crippen molar-refractivity contribution in [3.8, 4) is 5.75 Å². The predicted octanol–water partition coefficient (Wildman–Crippen LogP) is 4.04. The Labute approximate surface area is 206 Å². The maximum atomic E-state index is 13.2. The number of sulfonamides is 1. The number of hydrogen-bond donors (Lipinski definition) is 0. The lowest BCUT2D eigenvalue weighted by Crippen LogP contribution is -2.52.